The number of nitrogens with one attached hydrogen (secondary N) is 1. The molecule has 1 saturated heterocycles. The highest BCUT2D eigenvalue weighted by Gasteiger charge is 2.57. The Balaban J connectivity index is 1.53. The Kier molecular flexibility index (Phi) is 4.80. The minimum absolute atomic E-state index is 0.0277. The van der Waals surface area contributed by atoms with Crippen molar-refractivity contribution >= 4 is 12.0 Å². The molecule has 0 bridgehead atoms. The molecule has 6 nitrogen and oxygen atoms in total. The average Bonchev–Trinajstić information content (AvgIpc) is 3.06. The Hall–Kier alpha value is -1.30. The first-order valence-electron chi connectivity index (χ1n) is 8.96. The van der Waals surface area contributed by atoms with E-state index in [1.54, 1.807) is 4.90 Å². The maximum absolute atomic E-state index is 12.5. The SMILES string of the molecule is CCOC1CC(NC(=O)N2CCC(C(=O)O)CC2)C12CCCC2. The zero-order valence-corrected chi connectivity index (χ0v) is 13.9. The van der Waals surface area contributed by atoms with Crippen molar-refractivity contribution in [3.8, 4) is 0 Å². The number of carboxylic acid groups (broad SMARTS) is 1. The van der Waals surface area contributed by atoms with Crippen LogP contribution in [-0.2, 0) is 9.53 Å². The summed E-state index contributed by atoms with van der Waals surface area (Å²) in [7, 11) is 0. The van der Waals surface area contributed by atoms with Crippen molar-refractivity contribution in [3.05, 3.63) is 0 Å². The molecule has 0 aromatic carbocycles. The number of carbonyl (C=O) groups is 2. The molecule has 3 rings (SSSR count). The number of rotatable bonds is 4. The van der Waals surface area contributed by atoms with E-state index in [4.69, 9.17) is 9.84 Å². The third-order valence-electron chi connectivity index (χ3n) is 6.12. The number of nitrogens with zero attached hydrogens (tertiary/aromatic N) is 1. The zero-order chi connectivity index (χ0) is 16.4. The van der Waals surface area contributed by atoms with E-state index in [0.717, 1.165) is 25.9 Å². The predicted octanol–water partition coefficient (Wildman–Crippen LogP) is 2.23. The number of amides is 2. The van der Waals surface area contributed by atoms with Crippen molar-refractivity contribution < 1.29 is 19.4 Å². The summed E-state index contributed by atoms with van der Waals surface area (Å²) in [6, 6.07) is 0.186. The van der Waals surface area contributed by atoms with Gasteiger partial charge in [-0.2, -0.15) is 0 Å². The third kappa shape index (κ3) is 3.05. The molecule has 3 aliphatic rings. The number of aliphatic carboxylic acids is 1. The van der Waals surface area contributed by atoms with Crippen LogP contribution in [-0.4, -0.2) is 53.8 Å². The van der Waals surface area contributed by atoms with Gasteiger partial charge in [-0.15, -0.1) is 0 Å². The quantitative estimate of drug-likeness (QED) is 0.831. The lowest BCUT2D eigenvalue weighted by Crippen LogP contribution is -2.65. The van der Waals surface area contributed by atoms with Crippen LogP contribution in [0.5, 0.6) is 0 Å². The Morgan fingerprint density at radius 2 is 1.91 bits per heavy atom. The molecule has 6 heteroatoms. The standard InChI is InChI=1S/C17H28N2O4/c1-2-23-14-11-13(17(14)7-3-4-8-17)18-16(22)19-9-5-12(6-10-19)15(20)21/h12-14H,2-11H2,1H3,(H,18,22)(H,20,21). The second-order valence-electron chi connectivity index (χ2n) is 7.22. The Labute approximate surface area is 137 Å². The second kappa shape index (κ2) is 6.67. The van der Waals surface area contributed by atoms with Gasteiger partial charge in [0.05, 0.1) is 12.0 Å². The molecule has 3 fully saturated rings. The number of piperidine rings is 1. The molecule has 0 radical (unpaired) electrons. The van der Waals surface area contributed by atoms with E-state index in [9.17, 15) is 9.59 Å². The largest absolute Gasteiger partial charge is 0.481 e. The van der Waals surface area contributed by atoms with Gasteiger partial charge >= 0.3 is 12.0 Å². The summed E-state index contributed by atoms with van der Waals surface area (Å²) in [6.07, 6.45) is 7.04. The summed E-state index contributed by atoms with van der Waals surface area (Å²) >= 11 is 0. The molecule has 2 unspecified atom stereocenters. The van der Waals surface area contributed by atoms with Gasteiger partial charge in [0.15, 0.2) is 0 Å². The van der Waals surface area contributed by atoms with Crippen molar-refractivity contribution in [2.75, 3.05) is 19.7 Å². The van der Waals surface area contributed by atoms with E-state index in [-0.39, 0.29) is 29.5 Å². The highest BCUT2D eigenvalue weighted by Crippen LogP contribution is 2.54. The van der Waals surface area contributed by atoms with Gasteiger partial charge in [-0.25, -0.2) is 4.79 Å². The fraction of sp³-hybridized carbons (Fsp3) is 0.882. The van der Waals surface area contributed by atoms with Gasteiger partial charge in [-0.05, 0) is 39.0 Å². The summed E-state index contributed by atoms with van der Waals surface area (Å²) in [5, 5.41) is 12.3. The molecule has 2 aliphatic carbocycles. The number of hydrogen-bond donors (Lipinski definition) is 2. The van der Waals surface area contributed by atoms with Gasteiger partial charge in [-0.3, -0.25) is 4.79 Å². The molecule has 0 aromatic rings. The molecule has 2 amide bonds. The molecule has 2 N–H and O–H groups in total. The Morgan fingerprint density at radius 3 is 2.48 bits per heavy atom. The highest BCUT2D eigenvalue weighted by molar-refractivity contribution is 5.76. The second-order valence-corrected chi connectivity index (χ2v) is 7.22. The molecule has 2 saturated carbocycles. The van der Waals surface area contributed by atoms with Crippen molar-refractivity contribution in [2.45, 2.75) is 64.0 Å². The zero-order valence-electron chi connectivity index (χ0n) is 13.9. The molecule has 130 valence electrons. The van der Waals surface area contributed by atoms with Gasteiger partial charge in [0.1, 0.15) is 0 Å². The lowest BCUT2D eigenvalue weighted by molar-refractivity contribution is -0.143. The molecule has 1 aliphatic heterocycles. The van der Waals surface area contributed by atoms with Crippen LogP contribution < -0.4 is 5.32 Å². The van der Waals surface area contributed by atoms with Crippen LogP contribution in [0.15, 0.2) is 0 Å². The number of ether oxygens (including phenoxy) is 1. The monoisotopic (exact) mass is 324 g/mol. The van der Waals surface area contributed by atoms with Crippen LogP contribution in [0.4, 0.5) is 4.79 Å². The first-order chi connectivity index (χ1) is 11.1. The fourth-order valence-corrected chi connectivity index (χ4v) is 4.66. The number of carbonyl (C=O) groups excluding carboxylic acids is 1. The number of likely N-dealkylation sites (tertiary alicyclic amines) is 1. The Bertz CT molecular complexity index is 454. The van der Waals surface area contributed by atoms with Crippen LogP contribution in [0, 0.1) is 11.3 Å². The van der Waals surface area contributed by atoms with Crippen LogP contribution in [0.1, 0.15) is 51.9 Å². The molecular weight excluding hydrogens is 296 g/mol. The summed E-state index contributed by atoms with van der Waals surface area (Å²) in [5.41, 5.74) is 0.144. The number of urea groups is 1. The van der Waals surface area contributed by atoms with E-state index >= 15 is 0 Å². The minimum Gasteiger partial charge on any atom is -0.481 e. The summed E-state index contributed by atoms with van der Waals surface area (Å²) in [5.74, 6) is -1.04. The predicted molar refractivity (Wildman–Crippen MR) is 85.2 cm³/mol. The summed E-state index contributed by atoms with van der Waals surface area (Å²) in [4.78, 5) is 25.3. The highest BCUT2D eigenvalue weighted by atomic mass is 16.5. The summed E-state index contributed by atoms with van der Waals surface area (Å²) in [6.45, 7) is 3.84. The third-order valence-corrected chi connectivity index (χ3v) is 6.12. The lowest BCUT2D eigenvalue weighted by atomic mass is 9.60. The molecule has 2 atom stereocenters. The van der Waals surface area contributed by atoms with Gasteiger partial charge in [0.25, 0.3) is 0 Å². The van der Waals surface area contributed by atoms with Gasteiger partial charge in [0.2, 0.25) is 0 Å². The van der Waals surface area contributed by atoms with E-state index < -0.39 is 5.97 Å². The maximum Gasteiger partial charge on any atom is 0.317 e. The van der Waals surface area contributed by atoms with Gasteiger partial charge in [-0.1, -0.05) is 12.8 Å². The van der Waals surface area contributed by atoms with Crippen molar-refractivity contribution in [1.29, 1.82) is 0 Å². The van der Waals surface area contributed by atoms with E-state index in [1.807, 2.05) is 6.92 Å². The number of carboxylic acids is 1. The van der Waals surface area contributed by atoms with Crippen molar-refractivity contribution in [2.24, 2.45) is 11.3 Å². The van der Waals surface area contributed by atoms with E-state index in [2.05, 4.69) is 5.32 Å². The molecule has 0 aromatic heterocycles. The Morgan fingerprint density at radius 1 is 1.26 bits per heavy atom. The van der Waals surface area contributed by atoms with Crippen LogP contribution in [0.25, 0.3) is 0 Å². The number of hydrogen-bond acceptors (Lipinski definition) is 3. The maximum atomic E-state index is 12.5. The van der Waals surface area contributed by atoms with Crippen LogP contribution in [0.3, 0.4) is 0 Å². The topological polar surface area (TPSA) is 78.9 Å². The molecule has 1 spiro atoms. The average molecular weight is 324 g/mol. The van der Waals surface area contributed by atoms with Crippen molar-refractivity contribution in [3.63, 3.8) is 0 Å². The van der Waals surface area contributed by atoms with Crippen LogP contribution in [0.2, 0.25) is 0 Å². The van der Waals surface area contributed by atoms with Gasteiger partial charge in [0, 0.05) is 31.2 Å². The smallest absolute Gasteiger partial charge is 0.317 e. The van der Waals surface area contributed by atoms with Gasteiger partial charge < -0.3 is 20.1 Å². The van der Waals surface area contributed by atoms with Crippen molar-refractivity contribution in [1.82, 2.24) is 10.2 Å². The molecule has 1 heterocycles. The fourth-order valence-electron chi connectivity index (χ4n) is 4.66. The van der Waals surface area contributed by atoms with Crippen LogP contribution >= 0.6 is 0 Å². The molecular formula is C17H28N2O4. The summed E-state index contributed by atoms with van der Waals surface area (Å²) < 4.78 is 5.88. The molecule has 23 heavy (non-hydrogen) atoms. The first kappa shape index (κ1) is 16.6. The lowest BCUT2D eigenvalue weighted by Gasteiger charge is -2.54. The van der Waals surface area contributed by atoms with E-state index in [0.29, 0.717) is 25.9 Å². The first-order valence-corrected chi connectivity index (χ1v) is 8.96. The minimum atomic E-state index is -0.742. The normalized spacial score (nSPS) is 30.2. The van der Waals surface area contributed by atoms with E-state index in [1.165, 1.54) is 12.8 Å².